The molecule has 0 spiro atoms. The van der Waals surface area contributed by atoms with E-state index >= 15 is 0 Å². The largest absolute Gasteiger partial charge is 0.383 e. The number of pyridine rings is 1. The summed E-state index contributed by atoms with van der Waals surface area (Å²) in [6.07, 6.45) is 4.95. The van der Waals surface area contributed by atoms with E-state index in [0.717, 1.165) is 6.42 Å². The summed E-state index contributed by atoms with van der Waals surface area (Å²) in [6, 6.07) is 2.75. The van der Waals surface area contributed by atoms with Crippen LogP contribution in [0.3, 0.4) is 0 Å². The van der Waals surface area contributed by atoms with E-state index in [1.165, 1.54) is 41.9 Å². The molecule has 0 aromatic carbocycles. The standard InChI is InChI=1S/C15H24N2/c1-10(2)14-9-15(16-11(3)4)12-7-5-6-8-13(12)17-14/h9-11H,5-8H2,1-4H3,(H,16,17). The van der Waals surface area contributed by atoms with Crippen LogP contribution in [0.15, 0.2) is 6.07 Å². The molecule has 1 aromatic rings. The molecule has 1 aromatic heterocycles. The molecule has 1 N–H and O–H groups in total. The van der Waals surface area contributed by atoms with Gasteiger partial charge >= 0.3 is 0 Å². The normalized spacial score (nSPS) is 15.2. The molecular weight excluding hydrogens is 208 g/mol. The van der Waals surface area contributed by atoms with E-state index in [9.17, 15) is 0 Å². The highest BCUT2D eigenvalue weighted by molar-refractivity contribution is 5.55. The van der Waals surface area contributed by atoms with Gasteiger partial charge in [-0.2, -0.15) is 0 Å². The number of anilines is 1. The zero-order valence-electron chi connectivity index (χ0n) is 11.5. The minimum atomic E-state index is 0.489. The van der Waals surface area contributed by atoms with Crippen molar-refractivity contribution in [2.24, 2.45) is 0 Å². The van der Waals surface area contributed by atoms with Crippen molar-refractivity contribution >= 4 is 5.69 Å². The van der Waals surface area contributed by atoms with Gasteiger partial charge in [0.15, 0.2) is 0 Å². The van der Waals surface area contributed by atoms with Gasteiger partial charge in [-0.1, -0.05) is 13.8 Å². The fraction of sp³-hybridized carbons (Fsp3) is 0.667. The third-order valence-corrected chi connectivity index (χ3v) is 3.36. The van der Waals surface area contributed by atoms with Crippen LogP contribution in [-0.2, 0) is 12.8 Å². The van der Waals surface area contributed by atoms with Crippen LogP contribution in [0.2, 0.25) is 0 Å². The number of aromatic nitrogens is 1. The maximum atomic E-state index is 4.84. The molecule has 94 valence electrons. The summed E-state index contributed by atoms with van der Waals surface area (Å²) in [5, 5.41) is 3.59. The lowest BCUT2D eigenvalue weighted by atomic mass is 9.93. The lowest BCUT2D eigenvalue weighted by Crippen LogP contribution is -2.16. The Balaban J connectivity index is 2.42. The second kappa shape index (κ2) is 5.07. The first-order valence-electron chi connectivity index (χ1n) is 6.87. The number of fused-ring (bicyclic) bond motifs is 1. The molecule has 0 fully saturated rings. The summed E-state index contributed by atoms with van der Waals surface area (Å²) >= 11 is 0. The average Bonchev–Trinajstić information content (AvgIpc) is 2.28. The SMILES string of the molecule is CC(C)Nc1cc(C(C)C)nc2c1CCCC2. The van der Waals surface area contributed by atoms with Gasteiger partial charge in [-0.25, -0.2) is 0 Å². The molecular formula is C15H24N2. The topological polar surface area (TPSA) is 24.9 Å². The summed E-state index contributed by atoms with van der Waals surface area (Å²) in [7, 11) is 0. The molecule has 0 bridgehead atoms. The first kappa shape index (κ1) is 12.4. The van der Waals surface area contributed by atoms with Crippen LogP contribution >= 0.6 is 0 Å². The van der Waals surface area contributed by atoms with Gasteiger partial charge in [0, 0.05) is 23.1 Å². The van der Waals surface area contributed by atoms with Gasteiger partial charge in [-0.3, -0.25) is 4.98 Å². The van der Waals surface area contributed by atoms with Crippen LogP contribution < -0.4 is 5.32 Å². The molecule has 0 saturated heterocycles. The second-order valence-corrected chi connectivity index (χ2v) is 5.68. The van der Waals surface area contributed by atoms with E-state index in [-0.39, 0.29) is 0 Å². The Labute approximate surface area is 105 Å². The Morgan fingerprint density at radius 2 is 1.82 bits per heavy atom. The smallest absolute Gasteiger partial charge is 0.0459 e. The summed E-state index contributed by atoms with van der Waals surface area (Å²) in [5.41, 5.74) is 5.36. The maximum absolute atomic E-state index is 4.84. The van der Waals surface area contributed by atoms with Crippen molar-refractivity contribution in [2.45, 2.75) is 65.3 Å². The quantitative estimate of drug-likeness (QED) is 0.854. The molecule has 1 aliphatic rings. The van der Waals surface area contributed by atoms with Gasteiger partial charge in [0.2, 0.25) is 0 Å². The average molecular weight is 232 g/mol. The van der Waals surface area contributed by atoms with Crippen molar-refractivity contribution in [2.75, 3.05) is 5.32 Å². The maximum Gasteiger partial charge on any atom is 0.0459 e. The van der Waals surface area contributed by atoms with E-state index in [1.54, 1.807) is 0 Å². The molecule has 0 atom stereocenters. The van der Waals surface area contributed by atoms with Crippen LogP contribution in [0, 0.1) is 0 Å². The third kappa shape index (κ3) is 2.80. The Kier molecular flexibility index (Phi) is 3.70. The van der Waals surface area contributed by atoms with E-state index in [4.69, 9.17) is 4.98 Å². The molecule has 0 unspecified atom stereocenters. The molecule has 0 aliphatic heterocycles. The van der Waals surface area contributed by atoms with E-state index < -0.39 is 0 Å². The van der Waals surface area contributed by atoms with Crippen molar-refractivity contribution in [3.8, 4) is 0 Å². The van der Waals surface area contributed by atoms with E-state index in [0.29, 0.717) is 12.0 Å². The van der Waals surface area contributed by atoms with Crippen LogP contribution in [0.1, 0.15) is 63.4 Å². The predicted octanol–water partition coefficient (Wildman–Crippen LogP) is 3.90. The predicted molar refractivity (Wildman–Crippen MR) is 73.7 cm³/mol. The van der Waals surface area contributed by atoms with Gasteiger partial charge < -0.3 is 5.32 Å². The van der Waals surface area contributed by atoms with Crippen molar-refractivity contribution in [3.05, 3.63) is 23.0 Å². The van der Waals surface area contributed by atoms with Crippen molar-refractivity contribution in [1.29, 1.82) is 0 Å². The van der Waals surface area contributed by atoms with Gasteiger partial charge in [-0.15, -0.1) is 0 Å². The van der Waals surface area contributed by atoms with Gasteiger partial charge in [0.25, 0.3) is 0 Å². The number of aryl methyl sites for hydroxylation is 1. The second-order valence-electron chi connectivity index (χ2n) is 5.68. The van der Waals surface area contributed by atoms with Crippen LogP contribution in [-0.4, -0.2) is 11.0 Å². The lowest BCUT2D eigenvalue weighted by molar-refractivity contribution is 0.657. The Hall–Kier alpha value is -1.05. The van der Waals surface area contributed by atoms with Crippen LogP contribution in [0.25, 0.3) is 0 Å². The molecule has 2 nitrogen and oxygen atoms in total. The summed E-state index contributed by atoms with van der Waals surface area (Å²) in [4.78, 5) is 4.84. The van der Waals surface area contributed by atoms with E-state index in [2.05, 4.69) is 39.1 Å². The number of hydrogen-bond acceptors (Lipinski definition) is 2. The minimum absolute atomic E-state index is 0.489. The summed E-state index contributed by atoms with van der Waals surface area (Å²) in [5.74, 6) is 0.509. The first-order valence-corrected chi connectivity index (χ1v) is 6.87. The highest BCUT2D eigenvalue weighted by Crippen LogP contribution is 2.30. The Morgan fingerprint density at radius 1 is 1.12 bits per heavy atom. The van der Waals surface area contributed by atoms with E-state index in [1.807, 2.05) is 0 Å². The number of nitrogens with zero attached hydrogens (tertiary/aromatic N) is 1. The Morgan fingerprint density at radius 3 is 2.47 bits per heavy atom. The zero-order chi connectivity index (χ0) is 12.4. The van der Waals surface area contributed by atoms with Gasteiger partial charge in [0.1, 0.15) is 0 Å². The molecule has 2 rings (SSSR count). The van der Waals surface area contributed by atoms with Crippen molar-refractivity contribution < 1.29 is 0 Å². The highest BCUT2D eigenvalue weighted by Gasteiger charge is 2.17. The molecule has 0 saturated carbocycles. The zero-order valence-corrected chi connectivity index (χ0v) is 11.5. The summed E-state index contributed by atoms with van der Waals surface area (Å²) < 4.78 is 0. The van der Waals surface area contributed by atoms with Gasteiger partial charge in [0.05, 0.1) is 0 Å². The monoisotopic (exact) mass is 232 g/mol. The molecule has 2 heteroatoms. The molecule has 1 aliphatic carbocycles. The highest BCUT2D eigenvalue weighted by atomic mass is 14.9. The number of hydrogen-bond donors (Lipinski definition) is 1. The third-order valence-electron chi connectivity index (χ3n) is 3.36. The fourth-order valence-electron chi connectivity index (χ4n) is 2.46. The molecule has 0 amide bonds. The molecule has 17 heavy (non-hydrogen) atoms. The van der Waals surface area contributed by atoms with Crippen molar-refractivity contribution in [1.82, 2.24) is 4.98 Å². The van der Waals surface area contributed by atoms with Crippen LogP contribution in [0.4, 0.5) is 5.69 Å². The first-order chi connectivity index (χ1) is 8.08. The minimum Gasteiger partial charge on any atom is -0.383 e. The number of nitrogens with one attached hydrogen (secondary N) is 1. The summed E-state index contributed by atoms with van der Waals surface area (Å²) in [6.45, 7) is 8.84. The molecule has 0 radical (unpaired) electrons. The fourth-order valence-corrected chi connectivity index (χ4v) is 2.46. The van der Waals surface area contributed by atoms with Crippen LogP contribution in [0.5, 0.6) is 0 Å². The molecule has 1 heterocycles. The van der Waals surface area contributed by atoms with Crippen molar-refractivity contribution in [3.63, 3.8) is 0 Å². The number of rotatable bonds is 3. The van der Waals surface area contributed by atoms with Gasteiger partial charge in [-0.05, 0) is 57.1 Å². The Bertz CT molecular complexity index is 394. The lowest BCUT2D eigenvalue weighted by Gasteiger charge is -2.23.